The summed E-state index contributed by atoms with van der Waals surface area (Å²) in [6.45, 7) is 2.52. The summed E-state index contributed by atoms with van der Waals surface area (Å²) in [6, 6.07) is 14.8. The third kappa shape index (κ3) is 6.52. The van der Waals surface area contributed by atoms with E-state index in [1.807, 2.05) is 25.1 Å². The molecule has 0 aliphatic carbocycles. The molecule has 1 N–H and O–H groups in total. The summed E-state index contributed by atoms with van der Waals surface area (Å²) in [5.41, 5.74) is 3.31. The second kappa shape index (κ2) is 9.59. The highest BCUT2D eigenvalue weighted by Crippen LogP contribution is 2.18. The Morgan fingerprint density at radius 2 is 1.92 bits per heavy atom. The standard InChI is InChI=1S/C20H25FN2OS/c1-15-7-9-16(10-8-15)13-25-14-20(24)22-12-19(23(2)3)17-5-4-6-18(21)11-17/h4-11,19H,12-14H2,1-3H3,(H,22,24). The first-order chi connectivity index (χ1) is 12.0. The topological polar surface area (TPSA) is 32.3 Å². The molecule has 0 aliphatic rings. The molecule has 0 saturated heterocycles. The van der Waals surface area contributed by atoms with E-state index in [0.29, 0.717) is 12.3 Å². The first-order valence-corrected chi connectivity index (χ1v) is 9.43. The Bertz CT molecular complexity index is 688. The average Bonchev–Trinajstić information content (AvgIpc) is 2.56. The number of hydrogen-bond acceptors (Lipinski definition) is 3. The molecule has 5 heteroatoms. The van der Waals surface area contributed by atoms with Crippen molar-refractivity contribution >= 4 is 17.7 Å². The van der Waals surface area contributed by atoms with Crippen LogP contribution in [-0.2, 0) is 10.5 Å². The molecule has 0 heterocycles. The molecule has 3 nitrogen and oxygen atoms in total. The van der Waals surface area contributed by atoms with Crippen LogP contribution in [0.1, 0.15) is 22.7 Å². The number of amides is 1. The minimum absolute atomic E-state index is 0.000338. The molecule has 0 aliphatic heterocycles. The summed E-state index contributed by atoms with van der Waals surface area (Å²) in [7, 11) is 3.85. The summed E-state index contributed by atoms with van der Waals surface area (Å²) in [5, 5.41) is 2.95. The molecule has 0 spiro atoms. The second-order valence-electron chi connectivity index (χ2n) is 6.32. The molecule has 134 valence electrons. The van der Waals surface area contributed by atoms with E-state index < -0.39 is 0 Å². The Morgan fingerprint density at radius 3 is 2.56 bits per heavy atom. The Hall–Kier alpha value is -1.85. The highest BCUT2D eigenvalue weighted by atomic mass is 32.2. The molecule has 0 fully saturated rings. The number of carbonyl (C=O) groups excluding carboxylic acids is 1. The van der Waals surface area contributed by atoms with Crippen LogP contribution in [0.2, 0.25) is 0 Å². The van der Waals surface area contributed by atoms with Crippen LogP contribution in [0.5, 0.6) is 0 Å². The third-order valence-corrected chi connectivity index (χ3v) is 4.98. The van der Waals surface area contributed by atoms with Crippen molar-refractivity contribution in [2.75, 3.05) is 26.4 Å². The van der Waals surface area contributed by atoms with Gasteiger partial charge in [0.25, 0.3) is 0 Å². The predicted octanol–water partition coefficient (Wildman–Crippen LogP) is 3.79. The minimum Gasteiger partial charge on any atom is -0.353 e. The van der Waals surface area contributed by atoms with Crippen molar-refractivity contribution in [2.24, 2.45) is 0 Å². The van der Waals surface area contributed by atoms with Gasteiger partial charge in [-0.05, 0) is 44.3 Å². The Labute approximate surface area is 153 Å². The van der Waals surface area contributed by atoms with Crippen molar-refractivity contribution in [3.05, 3.63) is 71.0 Å². The molecule has 2 aromatic rings. The number of nitrogens with one attached hydrogen (secondary N) is 1. The number of aryl methyl sites for hydroxylation is 1. The lowest BCUT2D eigenvalue weighted by atomic mass is 10.1. The number of carbonyl (C=O) groups is 1. The number of thioether (sulfide) groups is 1. The molecule has 1 unspecified atom stereocenters. The molecule has 0 saturated carbocycles. The fourth-order valence-corrected chi connectivity index (χ4v) is 3.34. The molecule has 2 aromatic carbocycles. The van der Waals surface area contributed by atoms with Gasteiger partial charge in [-0.2, -0.15) is 0 Å². The van der Waals surface area contributed by atoms with E-state index in [4.69, 9.17) is 0 Å². The van der Waals surface area contributed by atoms with Gasteiger partial charge in [-0.3, -0.25) is 4.79 Å². The van der Waals surface area contributed by atoms with E-state index in [2.05, 4.69) is 36.5 Å². The maximum atomic E-state index is 13.4. The SMILES string of the molecule is Cc1ccc(CSCC(=O)NCC(c2cccc(F)c2)N(C)C)cc1. The fraction of sp³-hybridized carbons (Fsp3) is 0.350. The highest BCUT2D eigenvalue weighted by Gasteiger charge is 2.15. The van der Waals surface area contributed by atoms with Gasteiger partial charge in [0, 0.05) is 12.3 Å². The van der Waals surface area contributed by atoms with Gasteiger partial charge < -0.3 is 10.2 Å². The van der Waals surface area contributed by atoms with E-state index in [-0.39, 0.29) is 17.8 Å². The summed E-state index contributed by atoms with van der Waals surface area (Å²) < 4.78 is 13.4. The van der Waals surface area contributed by atoms with Gasteiger partial charge in [0.05, 0.1) is 11.8 Å². The van der Waals surface area contributed by atoms with E-state index in [1.165, 1.54) is 23.3 Å². The molecule has 25 heavy (non-hydrogen) atoms. The van der Waals surface area contributed by atoms with Gasteiger partial charge in [-0.1, -0.05) is 42.0 Å². The van der Waals surface area contributed by atoms with Crippen molar-refractivity contribution in [2.45, 2.75) is 18.7 Å². The summed E-state index contributed by atoms with van der Waals surface area (Å²) in [4.78, 5) is 14.1. The second-order valence-corrected chi connectivity index (χ2v) is 7.30. The van der Waals surface area contributed by atoms with E-state index in [0.717, 1.165) is 11.3 Å². The zero-order chi connectivity index (χ0) is 18.2. The molecule has 0 aromatic heterocycles. The van der Waals surface area contributed by atoms with Gasteiger partial charge in [-0.25, -0.2) is 4.39 Å². The van der Waals surface area contributed by atoms with Gasteiger partial charge in [0.15, 0.2) is 0 Å². The lowest BCUT2D eigenvalue weighted by molar-refractivity contribution is -0.118. The normalized spacial score (nSPS) is 12.2. The zero-order valence-corrected chi connectivity index (χ0v) is 15.8. The van der Waals surface area contributed by atoms with Crippen molar-refractivity contribution < 1.29 is 9.18 Å². The van der Waals surface area contributed by atoms with E-state index in [9.17, 15) is 9.18 Å². The van der Waals surface area contributed by atoms with Crippen LogP contribution in [0.4, 0.5) is 4.39 Å². The average molecular weight is 360 g/mol. The summed E-state index contributed by atoms with van der Waals surface area (Å²) in [6.07, 6.45) is 0. The number of likely N-dealkylation sites (N-methyl/N-ethyl adjacent to an activating group) is 1. The number of rotatable bonds is 8. The largest absolute Gasteiger partial charge is 0.353 e. The highest BCUT2D eigenvalue weighted by molar-refractivity contribution is 7.99. The van der Waals surface area contributed by atoms with Crippen molar-refractivity contribution in [1.29, 1.82) is 0 Å². The third-order valence-electron chi connectivity index (χ3n) is 3.97. The summed E-state index contributed by atoms with van der Waals surface area (Å²) in [5.74, 6) is 0.969. The van der Waals surface area contributed by atoms with Crippen LogP contribution in [0, 0.1) is 12.7 Å². The van der Waals surface area contributed by atoms with Crippen LogP contribution in [-0.4, -0.2) is 37.2 Å². The molecular formula is C20H25FN2OS. The maximum absolute atomic E-state index is 13.4. The van der Waals surface area contributed by atoms with Crippen molar-refractivity contribution in [3.63, 3.8) is 0 Å². The number of hydrogen-bond donors (Lipinski definition) is 1. The van der Waals surface area contributed by atoms with Gasteiger partial charge in [-0.15, -0.1) is 11.8 Å². The monoisotopic (exact) mass is 360 g/mol. The van der Waals surface area contributed by atoms with Crippen LogP contribution < -0.4 is 5.32 Å². The first kappa shape index (κ1) is 19.5. The predicted molar refractivity (Wildman–Crippen MR) is 103 cm³/mol. The van der Waals surface area contributed by atoms with Gasteiger partial charge in [0.1, 0.15) is 5.82 Å². The fourth-order valence-electron chi connectivity index (χ4n) is 2.52. The smallest absolute Gasteiger partial charge is 0.230 e. The Balaban J connectivity index is 1.79. The molecule has 0 radical (unpaired) electrons. The van der Waals surface area contributed by atoms with E-state index in [1.54, 1.807) is 17.8 Å². The van der Waals surface area contributed by atoms with Crippen LogP contribution in [0.25, 0.3) is 0 Å². The van der Waals surface area contributed by atoms with Crippen LogP contribution in [0.15, 0.2) is 48.5 Å². The van der Waals surface area contributed by atoms with Gasteiger partial charge >= 0.3 is 0 Å². The quantitative estimate of drug-likeness (QED) is 0.777. The molecule has 0 bridgehead atoms. The molecule has 1 amide bonds. The van der Waals surface area contributed by atoms with Gasteiger partial charge in [0.2, 0.25) is 5.91 Å². The molecule has 2 rings (SSSR count). The van der Waals surface area contributed by atoms with Crippen molar-refractivity contribution in [3.8, 4) is 0 Å². The molecular weight excluding hydrogens is 335 g/mol. The lowest BCUT2D eigenvalue weighted by Gasteiger charge is -2.25. The van der Waals surface area contributed by atoms with Crippen LogP contribution >= 0.6 is 11.8 Å². The minimum atomic E-state index is -0.260. The number of benzene rings is 2. The maximum Gasteiger partial charge on any atom is 0.230 e. The summed E-state index contributed by atoms with van der Waals surface area (Å²) >= 11 is 1.59. The molecule has 1 atom stereocenters. The lowest BCUT2D eigenvalue weighted by Crippen LogP contribution is -2.35. The Kier molecular flexibility index (Phi) is 7.47. The Morgan fingerprint density at radius 1 is 1.20 bits per heavy atom. The van der Waals surface area contributed by atoms with Crippen LogP contribution in [0.3, 0.4) is 0 Å². The number of nitrogens with zero attached hydrogens (tertiary/aromatic N) is 1. The first-order valence-electron chi connectivity index (χ1n) is 8.27. The van der Waals surface area contributed by atoms with E-state index >= 15 is 0 Å². The zero-order valence-electron chi connectivity index (χ0n) is 15.0. The number of halogens is 1. The van der Waals surface area contributed by atoms with Crippen molar-refractivity contribution in [1.82, 2.24) is 10.2 Å².